The molecule has 0 aromatic heterocycles. The quantitative estimate of drug-likeness (QED) is 0.791. The Hall–Kier alpha value is -2.89. The van der Waals surface area contributed by atoms with Crippen molar-refractivity contribution < 1.29 is 14.0 Å². The Kier molecular flexibility index (Phi) is 5.79. The minimum absolute atomic E-state index is 0.0203. The molecule has 3 amide bonds. The van der Waals surface area contributed by atoms with Crippen LogP contribution in [0, 0.1) is 17.7 Å². The third kappa shape index (κ3) is 4.94. The van der Waals surface area contributed by atoms with Crippen LogP contribution in [0.4, 0.5) is 14.9 Å². The van der Waals surface area contributed by atoms with E-state index in [0.29, 0.717) is 31.0 Å². The van der Waals surface area contributed by atoms with E-state index in [1.165, 1.54) is 25.0 Å². The van der Waals surface area contributed by atoms with Gasteiger partial charge in [-0.2, -0.15) is 0 Å². The van der Waals surface area contributed by atoms with Gasteiger partial charge in [0.25, 0.3) is 0 Å². The van der Waals surface area contributed by atoms with Gasteiger partial charge in [-0.05, 0) is 61.4 Å². The van der Waals surface area contributed by atoms with Gasteiger partial charge in [0.2, 0.25) is 5.91 Å². The number of hydrogen-bond acceptors (Lipinski definition) is 2. The highest BCUT2D eigenvalue weighted by molar-refractivity contribution is 5.90. The molecule has 1 heterocycles. The Morgan fingerprint density at radius 1 is 0.966 bits per heavy atom. The zero-order chi connectivity index (χ0) is 20.2. The lowest BCUT2D eigenvalue weighted by Crippen LogP contribution is -2.48. The van der Waals surface area contributed by atoms with Gasteiger partial charge in [0.15, 0.2) is 0 Å². The smallest absolute Gasteiger partial charge is 0.322 e. The standard InChI is InChI=1S/C23H26FN3O2/c24-19-11-8-17(9-12-19)21-13-10-18(22(28)25-14-16-6-7-16)15-27(21)23(29)26-20-4-2-1-3-5-20/h1-5,8-9,11-12,16,18,21H,6-7,10,13-15H2,(H,25,28)(H,26,29). The number of urea groups is 1. The first-order valence-electron chi connectivity index (χ1n) is 10.3. The summed E-state index contributed by atoms with van der Waals surface area (Å²) in [7, 11) is 0. The molecule has 2 aliphatic rings. The van der Waals surface area contributed by atoms with Gasteiger partial charge in [0.05, 0.1) is 12.0 Å². The second-order valence-electron chi connectivity index (χ2n) is 7.98. The topological polar surface area (TPSA) is 61.4 Å². The molecular weight excluding hydrogens is 369 g/mol. The first kappa shape index (κ1) is 19.4. The lowest BCUT2D eigenvalue weighted by molar-refractivity contribution is -0.126. The summed E-state index contributed by atoms with van der Waals surface area (Å²) in [6.45, 7) is 1.07. The first-order valence-corrected chi connectivity index (χ1v) is 10.3. The Balaban J connectivity index is 1.50. The molecule has 1 saturated heterocycles. The molecule has 0 spiro atoms. The van der Waals surface area contributed by atoms with Crippen molar-refractivity contribution in [3.63, 3.8) is 0 Å². The Labute approximate surface area is 170 Å². The Morgan fingerprint density at radius 2 is 1.69 bits per heavy atom. The largest absolute Gasteiger partial charge is 0.356 e. The van der Waals surface area contributed by atoms with Gasteiger partial charge in [-0.1, -0.05) is 30.3 Å². The zero-order valence-electron chi connectivity index (χ0n) is 16.3. The van der Waals surface area contributed by atoms with Crippen LogP contribution in [0.5, 0.6) is 0 Å². The molecule has 2 N–H and O–H groups in total. The molecule has 2 unspecified atom stereocenters. The maximum Gasteiger partial charge on any atom is 0.322 e. The van der Waals surface area contributed by atoms with Crippen LogP contribution in [0.1, 0.15) is 37.3 Å². The number of hydrogen-bond donors (Lipinski definition) is 2. The van der Waals surface area contributed by atoms with Crippen LogP contribution in [-0.2, 0) is 4.79 Å². The van der Waals surface area contributed by atoms with E-state index in [9.17, 15) is 14.0 Å². The van der Waals surface area contributed by atoms with E-state index in [4.69, 9.17) is 0 Å². The van der Waals surface area contributed by atoms with Gasteiger partial charge in [-0.3, -0.25) is 4.79 Å². The molecule has 6 heteroatoms. The highest BCUT2D eigenvalue weighted by Crippen LogP contribution is 2.34. The first-order chi connectivity index (χ1) is 14.1. The summed E-state index contributed by atoms with van der Waals surface area (Å²) in [6.07, 6.45) is 3.73. The van der Waals surface area contributed by atoms with Gasteiger partial charge in [0, 0.05) is 18.8 Å². The van der Waals surface area contributed by atoms with E-state index in [1.807, 2.05) is 30.3 Å². The van der Waals surface area contributed by atoms with E-state index in [2.05, 4.69) is 10.6 Å². The molecular formula is C23H26FN3O2. The van der Waals surface area contributed by atoms with Gasteiger partial charge in [-0.25, -0.2) is 9.18 Å². The van der Waals surface area contributed by atoms with Crippen molar-refractivity contribution in [2.24, 2.45) is 11.8 Å². The van der Waals surface area contributed by atoms with Crippen molar-refractivity contribution in [1.29, 1.82) is 0 Å². The van der Waals surface area contributed by atoms with Gasteiger partial charge >= 0.3 is 6.03 Å². The summed E-state index contributed by atoms with van der Waals surface area (Å²) in [5, 5.41) is 5.96. The van der Waals surface area contributed by atoms with Crippen LogP contribution >= 0.6 is 0 Å². The summed E-state index contributed by atoms with van der Waals surface area (Å²) < 4.78 is 13.4. The molecule has 0 bridgehead atoms. The average Bonchev–Trinajstić information content (AvgIpc) is 3.57. The maximum atomic E-state index is 13.4. The predicted molar refractivity (Wildman–Crippen MR) is 110 cm³/mol. The van der Waals surface area contributed by atoms with Crippen LogP contribution in [0.25, 0.3) is 0 Å². The van der Waals surface area contributed by atoms with Crippen molar-refractivity contribution >= 4 is 17.6 Å². The monoisotopic (exact) mass is 395 g/mol. The lowest BCUT2D eigenvalue weighted by atomic mass is 9.88. The van der Waals surface area contributed by atoms with Crippen molar-refractivity contribution in [3.8, 4) is 0 Å². The second-order valence-corrected chi connectivity index (χ2v) is 7.98. The van der Waals surface area contributed by atoms with Crippen molar-refractivity contribution in [2.45, 2.75) is 31.7 Å². The minimum Gasteiger partial charge on any atom is -0.356 e. The molecule has 2 atom stereocenters. The normalized spacial score (nSPS) is 21.5. The van der Waals surface area contributed by atoms with Crippen LogP contribution < -0.4 is 10.6 Å². The number of anilines is 1. The van der Waals surface area contributed by atoms with Crippen LogP contribution in [0.2, 0.25) is 0 Å². The van der Waals surface area contributed by atoms with Crippen LogP contribution in [0.15, 0.2) is 54.6 Å². The molecule has 0 radical (unpaired) electrons. The molecule has 2 fully saturated rings. The molecule has 2 aromatic rings. The fourth-order valence-electron chi connectivity index (χ4n) is 3.87. The summed E-state index contributed by atoms with van der Waals surface area (Å²) in [6, 6.07) is 15.1. The molecule has 1 saturated carbocycles. The molecule has 5 nitrogen and oxygen atoms in total. The Morgan fingerprint density at radius 3 is 2.38 bits per heavy atom. The molecule has 4 rings (SSSR count). The van der Waals surface area contributed by atoms with E-state index in [-0.39, 0.29) is 29.7 Å². The summed E-state index contributed by atoms with van der Waals surface area (Å²) in [5.74, 6) is 0.105. The molecule has 1 aliphatic heterocycles. The third-order valence-electron chi connectivity index (χ3n) is 5.76. The highest BCUT2D eigenvalue weighted by Gasteiger charge is 2.36. The number of nitrogens with zero attached hydrogens (tertiary/aromatic N) is 1. The van der Waals surface area contributed by atoms with Crippen molar-refractivity contribution in [3.05, 3.63) is 66.0 Å². The number of amides is 3. The number of benzene rings is 2. The molecule has 29 heavy (non-hydrogen) atoms. The second kappa shape index (κ2) is 8.64. The van der Waals surface area contributed by atoms with E-state index < -0.39 is 0 Å². The number of likely N-dealkylation sites (tertiary alicyclic amines) is 1. The highest BCUT2D eigenvalue weighted by atomic mass is 19.1. The number of para-hydroxylation sites is 1. The number of halogens is 1. The number of carbonyl (C=O) groups is 2. The minimum atomic E-state index is -0.304. The fourth-order valence-corrected chi connectivity index (χ4v) is 3.87. The number of piperidine rings is 1. The van der Waals surface area contributed by atoms with Crippen molar-refractivity contribution in [1.82, 2.24) is 10.2 Å². The SMILES string of the molecule is O=C(NCC1CC1)C1CCC(c2ccc(F)cc2)N(C(=O)Nc2ccccc2)C1. The predicted octanol–water partition coefficient (Wildman–Crippen LogP) is 4.34. The van der Waals surface area contributed by atoms with E-state index >= 15 is 0 Å². The van der Waals surface area contributed by atoms with Crippen LogP contribution in [-0.4, -0.2) is 29.9 Å². The number of nitrogens with one attached hydrogen (secondary N) is 2. The molecule has 1 aliphatic carbocycles. The van der Waals surface area contributed by atoms with Gasteiger partial charge in [-0.15, -0.1) is 0 Å². The van der Waals surface area contributed by atoms with Gasteiger partial charge in [0.1, 0.15) is 5.82 Å². The summed E-state index contributed by atoms with van der Waals surface area (Å²) >= 11 is 0. The maximum absolute atomic E-state index is 13.4. The lowest BCUT2D eigenvalue weighted by Gasteiger charge is -2.39. The van der Waals surface area contributed by atoms with Gasteiger partial charge < -0.3 is 15.5 Å². The number of carbonyl (C=O) groups excluding carboxylic acids is 2. The molecule has 152 valence electrons. The molecule has 2 aromatic carbocycles. The van der Waals surface area contributed by atoms with Crippen molar-refractivity contribution in [2.75, 3.05) is 18.4 Å². The average molecular weight is 395 g/mol. The summed E-state index contributed by atoms with van der Waals surface area (Å²) in [4.78, 5) is 27.4. The van der Waals surface area contributed by atoms with E-state index in [1.54, 1.807) is 17.0 Å². The third-order valence-corrected chi connectivity index (χ3v) is 5.76. The van der Waals surface area contributed by atoms with Crippen LogP contribution in [0.3, 0.4) is 0 Å². The fraction of sp³-hybridized carbons (Fsp3) is 0.391. The number of rotatable bonds is 5. The summed E-state index contributed by atoms with van der Waals surface area (Å²) in [5.41, 5.74) is 1.59. The zero-order valence-corrected chi connectivity index (χ0v) is 16.3. The van der Waals surface area contributed by atoms with E-state index in [0.717, 1.165) is 12.1 Å². The Bertz CT molecular complexity index is 852.